The summed E-state index contributed by atoms with van der Waals surface area (Å²) in [5.41, 5.74) is 1.36. The topological polar surface area (TPSA) is 102 Å². The van der Waals surface area contributed by atoms with Crippen LogP contribution in [0, 0.1) is 5.82 Å². The van der Waals surface area contributed by atoms with Gasteiger partial charge < -0.3 is 15.0 Å². The number of halogens is 4. The van der Waals surface area contributed by atoms with E-state index in [4.69, 9.17) is 4.74 Å². The molecule has 1 saturated heterocycles. The number of nitrogens with one attached hydrogen (secondary N) is 1. The summed E-state index contributed by atoms with van der Waals surface area (Å²) >= 11 is 0. The number of carbonyl (C=O) groups excluding carboxylic acids is 1. The Labute approximate surface area is 208 Å². The Morgan fingerprint density at radius 3 is 2.76 bits per heavy atom. The highest BCUT2D eigenvalue weighted by molar-refractivity contribution is 5.89. The van der Waals surface area contributed by atoms with E-state index in [0.29, 0.717) is 29.6 Å². The molecule has 196 valence electrons. The van der Waals surface area contributed by atoms with E-state index in [0.717, 1.165) is 10.9 Å². The van der Waals surface area contributed by atoms with Crippen LogP contribution in [0.25, 0.3) is 27.7 Å². The average molecular weight is 520 g/mol. The molecule has 1 amide bonds. The van der Waals surface area contributed by atoms with Gasteiger partial charge in [0.05, 0.1) is 37.0 Å². The number of ether oxygens (including phenoxy) is 1. The minimum atomic E-state index is -2.67. The lowest BCUT2D eigenvalue weighted by molar-refractivity contribution is -0.131. The van der Waals surface area contributed by atoms with Gasteiger partial charge in [-0.2, -0.15) is 4.98 Å². The standard InChI is InChI=1S/C23H24F4N8O2/c1-11(21(26)27)35-18-8-13(4-5-17(18)30-32-35)19-15(25)10-34-20(19)22(37-3)29-23(31-34)28-16-6-7-33(12(2)36)9-14(16)24/h4-5,8,10-11,14,16,21H,6-7,9H2,1-3H3,(H,28,31)/t11-,14+,16-/m0/s1. The van der Waals surface area contributed by atoms with Gasteiger partial charge in [-0.05, 0) is 31.0 Å². The highest BCUT2D eigenvalue weighted by Gasteiger charge is 2.31. The Hall–Kier alpha value is -3.97. The molecule has 10 nitrogen and oxygen atoms in total. The van der Waals surface area contributed by atoms with Crippen molar-refractivity contribution >= 4 is 28.4 Å². The molecular formula is C23H24F4N8O2. The van der Waals surface area contributed by atoms with E-state index >= 15 is 4.39 Å². The minimum Gasteiger partial charge on any atom is -0.479 e. The van der Waals surface area contributed by atoms with Crippen LogP contribution in [0.4, 0.5) is 23.5 Å². The summed E-state index contributed by atoms with van der Waals surface area (Å²) in [6.07, 6.45) is -2.54. The number of carbonyl (C=O) groups is 1. The number of fused-ring (bicyclic) bond motifs is 2. The van der Waals surface area contributed by atoms with Crippen molar-refractivity contribution in [2.75, 3.05) is 25.5 Å². The summed E-state index contributed by atoms with van der Waals surface area (Å²) in [6.45, 7) is 3.04. The van der Waals surface area contributed by atoms with Crippen molar-refractivity contribution in [1.29, 1.82) is 0 Å². The molecule has 1 aromatic carbocycles. The van der Waals surface area contributed by atoms with Crippen molar-refractivity contribution in [2.24, 2.45) is 0 Å². The van der Waals surface area contributed by atoms with Gasteiger partial charge in [0.2, 0.25) is 17.7 Å². The van der Waals surface area contributed by atoms with Crippen molar-refractivity contribution in [3.8, 4) is 17.0 Å². The molecule has 3 aromatic heterocycles. The van der Waals surface area contributed by atoms with Crippen LogP contribution in [0.2, 0.25) is 0 Å². The summed E-state index contributed by atoms with van der Waals surface area (Å²) in [6, 6.07) is 2.80. The van der Waals surface area contributed by atoms with Crippen molar-refractivity contribution in [1.82, 2.24) is 34.5 Å². The number of benzene rings is 1. The van der Waals surface area contributed by atoms with Gasteiger partial charge in [0, 0.05) is 13.5 Å². The summed E-state index contributed by atoms with van der Waals surface area (Å²) < 4.78 is 64.4. The minimum absolute atomic E-state index is 0.0262. The molecule has 5 rings (SSSR count). The van der Waals surface area contributed by atoms with Crippen molar-refractivity contribution < 1.29 is 27.1 Å². The zero-order valence-corrected chi connectivity index (χ0v) is 20.2. The average Bonchev–Trinajstić information content (AvgIpc) is 3.43. The van der Waals surface area contributed by atoms with Gasteiger partial charge in [0.15, 0.2) is 5.82 Å². The summed E-state index contributed by atoms with van der Waals surface area (Å²) in [4.78, 5) is 17.3. The number of amides is 1. The lowest BCUT2D eigenvalue weighted by atomic mass is 10.0. The van der Waals surface area contributed by atoms with Crippen LogP contribution in [0.1, 0.15) is 26.3 Å². The molecule has 1 aliphatic heterocycles. The van der Waals surface area contributed by atoms with Crippen LogP contribution in [0.5, 0.6) is 5.88 Å². The maximum atomic E-state index is 15.3. The van der Waals surface area contributed by atoms with E-state index in [2.05, 4.69) is 25.7 Å². The molecule has 3 atom stereocenters. The van der Waals surface area contributed by atoms with Gasteiger partial charge in [-0.1, -0.05) is 11.3 Å². The van der Waals surface area contributed by atoms with Gasteiger partial charge in [0.1, 0.15) is 23.2 Å². The molecule has 4 heterocycles. The first-order valence-corrected chi connectivity index (χ1v) is 11.6. The monoisotopic (exact) mass is 520 g/mol. The number of hydrogen-bond donors (Lipinski definition) is 1. The first kappa shape index (κ1) is 24.7. The van der Waals surface area contributed by atoms with Crippen LogP contribution in [-0.4, -0.2) is 79.2 Å². The zero-order valence-electron chi connectivity index (χ0n) is 20.2. The Morgan fingerprint density at radius 2 is 2.08 bits per heavy atom. The fraction of sp³-hybridized carbons (Fsp3) is 0.435. The number of nitrogens with zero attached hydrogens (tertiary/aromatic N) is 7. The molecular weight excluding hydrogens is 496 g/mol. The van der Waals surface area contributed by atoms with Gasteiger partial charge in [-0.15, -0.1) is 10.2 Å². The molecule has 1 fully saturated rings. The number of likely N-dealkylation sites (tertiary alicyclic amines) is 1. The van der Waals surface area contributed by atoms with Gasteiger partial charge in [-0.25, -0.2) is 26.8 Å². The maximum absolute atomic E-state index is 15.3. The number of piperidine rings is 1. The fourth-order valence-corrected chi connectivity index (χ4v) is 4.52. The van der Waals surface area contributed by atoms with Crippen LogP contribution in [0.3, 0.4) is 0 Å². The van der Waals surface area contributed by atoms with Crippen LogP contribution in [0.15, 0.2) is 24.4 Å². The summed E-state index contributed by atoms with van der Waals surface area (Å²) in [5, 5.41) is 15.0. The lowest BCUT2D eigenvalue weighted by Crippen LogP contribution is -2.49. The second-order valence-electron chi connectivity index (χ2n) is 8.92. The highest BCUT2D eigenvalue weighted by Crippen LogP contribution is 2.36. The Kier molecular flexibility index (Phi) is 6.33. The molecule has 1 aliphatic rings. The molecule has 14 heteroatoms. The Morgan fingerprint density at radius 1 is 1.30 bits per heavy atom. The fourth-order valence-electron chi connectivity index (χ4n) is 4.52. The predicted molar refractivity (Wildman–Crippen MR) is 126 cm³/mol. The molecule has 37 heavy (non-hydrogen) atoms. The SMILES string of the molecule is COc1nc(N[C@H]2CCN(C(C)=O)C[C@H]2F)nn2cc(F)c(-c3ccc4nnn([C@@H](C)C(F)F)c4c3)c12. The van der Waals surface area contributed by atoms with E-state index in [9.17, 15) is 18.0 Å². The third-order valence-corrected chi connectivity index (χ3v) is 6.56. The van der Waals surface area contributed by atoms with E-state index in [-0.39, 0.29) is 35.4 Å². The van der Waals surface area contributed by atoms with Crippen LogP contribution < -0.4 is 10.1 Å². The third kappa shape index (κ3) is 4.40. The van der Waals surface area contributed by atoms with E-state index in [1.807, 2.05) is 0 Å². The van der Waals surface area contributed by atoms with E-state index < -0.39 is 30.5 Å². The Bertz CT molecular complexity index is 1470. The number of rotatable bonds is 6. The first-order valence-electron chi connectivity index (χ1n) is 11.6. The molecule has 0 bridgehead atoms. The van der Waals surface area contributed by atoms with Crippen molar-refractivity contribution in [3.63, 3.8) is 0 Å². The number of anilines is 1. The second kappa shape index (κ2) is 9.48. The Balaban J connectivity index is 1.52. The molecule has 0 unspecified atom stereocenters. The number of methoxy groups -OCH3 is 1. The number of aromatic nitrogens is 6. The van der Waals surface area contributed by atoms with E-state index in [1.165, 1.54) is 36.4 Å². The second-order valence-corrected chi connectivity index (χ2v) is 8.92. The van der Waals surface area contributed by atoms with Crippen molar-refractivity contribution in [3.05, 3.63) is 30.2 Å². The highest BCUT2D eigenvalue weighted by atomic mass is 19.3. The largest absolute Gasteiger partial charge is 0.479 e. The molecule has 4 aromatic rings. The lowest BCUT2D eigenvalue weighted by Gasteiger charge is -2.34. The molecule has 1 N–H and O–H groups in total. The molecule has 0 saturated carbocycles. The molecule has 0 radical (unpaired) electrons. The number of alkyl halides is 3. The van der Waals surface area contributed by atoms with Crippen molar-refractivity contribution in [2.45, 2.75) is 44.9 Å². The zero-order chi connectivity index (χ0) is 26.4. The molecule has 0 aliphatic carbocycles. The van der Waals surface area contributed by atoms with Crippen LogP contribution in [-0.2, 0) is 4.79 Å². The first-order chi connectivity index (χ1) is 17.7. The van der Waals surface area contributed by atoms with Gasteiger partial charge in [-0.3, -0.25) is 4.79 Å². The van der Waals surface area contributed by atoms with Crippen LogP contribution >= 0.6 is 0 Å². The third-order valence-electron chi connectivity index (χ3n) is 6.56. The van der Waals surface area contributed by atoms with Gasteiger partial charge in [0.25, 0.3) is 6.43 Å². The summed E-state index contributed by atoms with van der Waals surface area (Å²) in [5.74, 6) is -0.793. The van der Waals surface area contributed by atoms with Gasteiger partial charge >= 0.3 is 0 Å². The number of hydrogen-bond acceptors (Lipinski definition) is 7. The summed E-state index contributed by atoms with van der Waals surface area (Å²) in [7, 11) is 1.36. The normalized spacial score (nSPS) is 19.1. The maximum Gasteiger partial charge on any atom is 0.260 e. The quantitative estimate of drug-likeness (QED) is 0.389. The molecule has 0 spiro atoms. The predicted octanol–water partition coefficient (Wildman–Crippen LogP) is 3.49. The van der Waals surface area contributed by atoms with E-state index in [1.54, 1.807) is 12.1 Å². The smallest absolute Gasteiger partial charge is 0.260 e.